The van der Waals surface area contributed by atoms with Gasteiger partial charge in [0.25, 0.3) is 15.9 Å². The highest BCUT2D eigenvalue weighted by molar-refractivity contribution is 7.92. The summed E-state index contributed by atoms with van der Waals surface area (Å²) in [5.74, 6) is -0.308. The summed E-state index contributed by atoms with van der Waals surface area (Å²) in [5.41, 5.74) is 3.96. The van der Waals surface area contributed by atoms with Crippen LogP contribution in [0.2, 0.25) is 0 Å². The molecule has 3 aromatic carbocycles. The van der Waals surface area contributed by atoms with Crippen molar-refractivity contribution in [2.24, 2.45) is 0 Å². The van der Waals surface area contributed by atoms with E-state index in [1.54, 1.807) is 24.3 Å². The molecule has 1 amide bonds. The van der Waals surface area contributed by atoms with Crippen LogP contribution < -0.4 is 10.0 Å². The van der Waals surface area contributed by atoms with Crippen LogP contribution in [-0.4, -0.2) is 14.3 Å². The van der Waals surface area contributed by atoms with Gasteiger partial charge in [0.05, 0.1) is 10.9 Å². The van der Waals surface area contributed by atoms with Gasteiger partial charge in [-0.25, -0.2) is 8.42 Å². The number of carbonyl (C=O) groups excluding carboxylic acids is 1. The zero-order valence-electron chi connectivity index (χ0n) is 17.3. The minimum Gasteiger partial charge on any atom is -0.345 e. The average molecular weight is 423 g/mol. The highest BCUT2D eigenvalue weighted by Crippen LogP contribution is 2.22. The lowest BCUT2D eigenvalue weighted by molar-refractivity contribution is 0.0935. The highest BCUT2D eigenvalue weighted by atomic mass is 32.2. The van der Waals surface area contributed by atoms with E-state index in [9.17, 15) is 13.2 Å². The molecule has 3 rings (SSSR count). The average Bonchev–Trinajstić information content (AvgIpc) is 2.74. The summed E-state index contributed by atoms with van der Waals surface area (Å²) in [7, 11) is -3.81. The van der Waals surface area contributed by atoms with Gasteiger partial charge in [-0.05, 0) is 61.7 Å². The van der Waals surface area contributed by atoms with Crippen LogP contribution in [-0.2, 0) is 10.0 Å². The van der Waals surface area contributed by atoms with E-state index in [1.807, 2.05) is 57.2 Å². The van der Waals surface area contributed by atoms with Crippen molar-refractivity contribution in [3.8, 4) is 0 Å². The van der Waals surface area contributed by atoms with Crippen molar-refractivity contribution >= 4 is 21.6 Å². The largest absolute Gasteiger partial charge is 0.345 e. The maximum absolute atomic E-state index is 12.8. The fraction of sp³-hybridized carbons (Fsp3) is 0.208. The van der Waals surface area contributed by atoms with Crippen LogP contribution in [0.15, 0.2) is 77.7 Å². The van der Waals surface area contributed by atoms with Crippen molar-refractivity contribution in [2.75, 3.05) is 4.72 Å². The molecule has 0 saturated carbocycles. The number of anilines is 1. The van der Waals surface area contributed by atoms with Crippen molar-refractivity contribution in [1.82, 2.24) is 5.32 Å². The third-order valence-corrected chi connectivity index (χ3v) is 6.37. The van der Waals surface area contributed by atoms with Gasteiger partial charge in [-0.3, -0.25) is 9.52 Å². The Morgan fingerprint density at radius 2 is 1.63 bits per heavy atom. The molecule has 0 aliphatic rings. The molecular weight excluding hydrogens is 396 g/mol. The molecule has 156 valence electrons. The van der Waals surface area contributed by atoms with Gasteiger partial charge in [0.2, 0.25) is 0 Å². The maximum Gasteiger partial charge on any atom is 0.261 e. The van der Waals surface area contributed by atoms with Crippen LogP contribution in [0.25, 0.3) is 0 Å². The Labute approximate surface area is 178 Å². The fourth-order valence-corrected chi connectivity index (χ4v) is 4.36. The van der Waals surface area contributed by atoms with E-state index in [0.29, 0.717) is 11.3 Å². The van der Waals surface area contributed by atoms with Crippen LogP contribution in [0.3, 0.4) is 0 Å². The van der Waals surface area contributed by atoms with E-state index in [4.69, 9.17) is 0 Å². The Hall–Kier alpha value is -3.12. The number of benzene rings is 3. The summed E-state index contributed by atoms with van der Waals surface area (Å²) in [4.78, 5) is 12.9. The van der Waals surface area contributed by atoms with E-state index < -0.39 is 10.0 Å². The summed E-state index contributed by atoms with van der Waals surface area (Å²) >= 11 is 0. The lowest BCUT2D eigenvalue weighted by atomic mass is 9.99. The monoisotopic (exact) mass is 422 g/mol. The Morgan fingerprint density at radius 1 is 0.933 bits per heavy atom. The van der Waals surface area contributed by atoms with E-state index in [0.717, 1.165) is 23.1 Å². The molecule has 0 saturated heterocycles. The number of aryl methyl sites for hydroxylation is 2. The van der Waals surface area contributed by atoms with Crippen molar-refractivity contribution < 1.29 is 13.2 Å². The first kappa shape index (κ1) is 21.6. The Kier molecular flexibility index (Phi) is 6.57. The first-order valence-electron chi connectivity index (χ1n) is 9.86. The lowest BCUT2D eigenvalue weighted by Gasteiger charge is -2.19. The summed E-state index contributed by atoms with van der Waals surface area (Å²) in [6.07, 6.45) is 0.726. The van der Waals surface area contributed by atoms with Crippen LogP contribution in [0.4, 0.5) is 5.69 Å². The zero-order valence-corrected chi connectivity index (χ0v) is 18.2. The van der Waals surface area contributed by atoms with Gasteiger partial charge in [0.1, 0.15) is 0 Å². The van der Waals surface area contributed by atoms with Gasteiger partial charge in [-0.15, -0.1) is 0 Å². The van der Waals surface area contributed by atoms with Crippen molar-refractivity contribution in [1.29, 1.82) is 0 Å². The fourth-order valence-electron chi connectivity index (χ4n) is 3.26. The Balaban J connectivity index is 1.81. The Morgan fingerprint density at radius 3 is 2.30 bits per heavy atom. The molecule has 6 heteroatoms. The molecule has 0 aromatic heterocycles. The summed E-state index contributed by atoms with van der Waals surface area (Å²) in [5, 5.41) is 3.02. The quantitative estimate of drug-likeness (QED) is 0.563. The normalized spacial score (nSPS) is 12.2. The summed E-state index contributed by atoms with van der Waals surface area (Å²) in [6.45, 7) is 5.94. The number of nitrogens with one attached hydrogen (secondary N) is 2. The van der Waals surface area contributed by atoms with Gasteiger partial charge < -0.3 is 5.32 Å². The maximum atomic E-state index is 12.8. The molecule has 0 radical (unpaired) electrons. The summed E-state index contributed by atoms with van der Waals surface area (Å²) < 4.78 is 28.1. The first-order chi connectivity index (χ1) is 14.3. The van der Waals surface area contributed by atoms with Crippen molar-refractivity contribution in [2.45, 2.75) is 38.1 Å². The molecular formula is C24H26N2O3S. The van der Waals surface area contributed by atoms with Crippen molar-refractivity contribution in [3.63, 3.8) is 0 Å². The second kappa shape index (κ2) is 9.13. The zero-order chi connectivity index (χ0) is 21.7. The highest BCUT2D eigenvalue weighted by Gasteiger charge is 2.19. The third-order valence-electron chi connectivity index (χ3n) is 4.99. The number of sulfonamides is 1. The standard InChI is InChI=1S/C24H26N2O3S/c1-4-23(22-11-6-5-8-18(22)3)25-24(27)19-9-7-10-21(16-19)30(28,29)26-20-14-12-17(2)13-15-20/h5-16,23,26H,4H2,1-3H3,(H,25,27)/t23-/m0/s1. The lowest BCUT2D eigenvalue weighted by Crippen LogP contribution is -2.28. The van der Waals surface area contributed by atoms with Gasteiger partial charge in [-0.2, -0.15) is 0 Å². The van der Waals surface area contributed by atoms with E-state index in [2.05, 4.69) is 10.0 Å². The molecule has 2 N–H and O–H groups in total. The predicted octanol–water partition coefficient (Wildman–Crippen LogP) is 4.99. The molecule has 0 bridgehead atoms. The summed E-state index contributed by atoms with van der Waals surface area (Å²) in [6, 6.07) is 20.9. The van der Waals surface area contributed by atoms with E-state index in [1.165, 1.54) is 12.1 Å². The molecule has 0 unspecified atom stereocenters. The van der Waals surface area contributed by atoms with E-state index >= 15 is 0 Å². The second-order valence-corrected chi connectivity index (χ2v) is 8.97. The van der Waals surface area contributed by atoms with Gasteiger partial charge >= 0.3 is 0 Å². The third kappa shape index (κ3) is 5.07. The van der Waals surface area contributed by atoms with Crippen LogP contribution >= 0.6 is 0 Å². The van der Waals surface area contributed by atoms with E-state index in [-0.39, 0.29) is 16.8 Å². The minimum atomic E-state index is -3.81. The molecule has 0 aliphatic heterocycles. The molecule has 3 aromatic rings. The smallest absolute Gasteiger partial charge is 0.261 e. The predicted molar refractivity (Wildman–Crippen MR) is 120 cm³/mol. The first-order valence-corrected chi connectivity index (χ1v) is 11.3. The number of hydrogen-bond acceptors (Lipinski definition) is 3. The second-order valence-electron chi connectivity index (χ2n) is 7.29. The SMILES string of the molecule is CC[C@H](NC(=O)c1cccc(S(=O)(=O)Nc2ccc(C)cc2)c1)c1ccccc1C. The van der Waals surface area contributed by atoms with Gasteiger partial charge in [0.15, 0.2) is 0 Å². The molecule has 5 nitrogen and oxygen atoms in total. The minimum absolute atomic E-state index is 0.0414. The van der Waals surface area contributed by atoms with Crippen molar-refractivity contribution in [3.05, 3.63) is 95.1 Å². The number of rotatable bonds is 7. The van der Waals surface area contributed by atoms with Gasteiger partial charge in [0, 0.05) is 11.3 Å². The van der Waals surface area contributed by atoms with Crippen LogP contribution in [0.5, 0.6) is 0 Å². The topological polar surface area (TPSA) is 75.3 Å². The molecule has 30 heavy (non-hydrogen) atoms. The number of hydrogen-bond donors (Lipinski definition) is 2. The molecule has 1 atom stereocenters. The van der Waals surface area contributed by atoms with Gasteiger partial charge in [-0.1, -0.05) is 55.0 Å². The molecule has 0 aliphatic carbocycles. The number of amides is 1. The Bertz CT molecular complexity index is 1140. The van der Waals surface area contributed by atoms with Crippen LogP contribution in [0.1, 0.15) is 46.4 Å². The molecule has 0 spiro atoms. The molecule has 0 heterocycles. The molecule has 0 fully saturated rings. The van der Waals surface area contributed by atoms with Crippen LogP contribution in [0, 0.1) is 13.8 Å². The number of carbonyl (C=O) groups is 1.